The van der Waals surface area contributed by atoms with Gasteiger partial charge in [0.2, 0.25) is 5.88 Å². The van der Waals surface area contributed by atoms with Crippen molar-refractivity contribution in [3.63, 3.8) is 0 Å². The Bertz CT molecular complexity index is 1170. The second kappa shape index (κ2) is 8.10. The van der Waals surface area contributed by atoms with Crippen LogP contribution in [0.2, 0.25) is 0 Å². The molecular formula is C21H28FN7O3S. The van der Waals surface area contributed by atoms with Crippen LogP contribution in [-0.4, -0.2) is 54.6 Å². The van der Waals surface area contributed by atoms with Gasteiger partial charge < -0.3 is 15.8 Å². The summed E-state index contributed by atoms with van der Waals surface area (Å²) in [5.41, 5.74) is 5.03. The molecule has 0 aliphatic carbocycles. The lowest BCUT2D eigenvalue weighted by atomic mass is 9.89. The molecule has 12 heteroatoms. The summed E-state index contributed by atoms with van der Waals surface area (Å²) < 4.78 is 36.5. The fourth-order valence-electron chi connectivity index (χ4n) is 4.48. The Morgan fingerprint density at radius 3 is 2.73 bits per heavy atom. The van der Waals surface area contributed by atoms with Crippen LogP contribution in [0.4, 0.5) is 10.2 Å². The minimum absolute atomic E-state index is 0.0199. The predicted molar refractivity (Wildman–Crippen MR) is 124 cm³/mol. The zero-order valence-electron chi connectivity index (χ0n) is 18.9. The number of halogens is 1. The summed E-state index contributed by atoms with van der Waals surface area (Å²) in [7, 11) is -1.67. The summed E-state index contributed by atoms with van der Waals surface area (Å²) >= 11 is 0. The zero-order chi connectivity index (χ0) is 24.0. The highest BCUT2D eigenvalue weighted by Crippen LogP contribution is 2.48. The van der Waals surface area contributed by atoms with E-state index in [4.69, 9.17) is 10.5 Å². The van der Waals surface area contributed by atoms with Crippen LogP contribution in [0, 0.1) is 5.82 Å². The lowest BCUT2D eigenvalue weighted by Crippen LogP contribution is -2.69. The number of thiol groups is 1. The maximum atomic E-state index is 15.1. The summed E-state index contributed by atoms with van der Waals surface area (Å²) in [5.74, 6) is -0.635. The van der Waals surface area contributed by atoms with Crippen molar-refractivity contribution in [3.8, 4) is 5.88 Å². The van der Waals surface area contributed by atoms with Gasteiger partial charge in [-0.25, -0.2) is 19.3 Å². The van der Waals surface area contributed by atoms with Gasteiger partial charge in [0.25, 0.3) is 5.91 Å². The number of anilines is 1. The number of amidine groups is 1. The quantitative estimate of drug-likeness (QED) is 0.486. The van der Waals surface area contributed by atoms with E-state index in [1.807, 2.05) is 0 Å². The third-order valence-corrected chi connectivity index (χ3v) is 10.8. The molecule has 4 heterocycles. The molecule has 2 aromatic heterocycles. The third kappa shape index (κ3) is 3.66. The molecule has 0 bridgehead atoms. The van der Waals surface area contributed by atoms with E-state index in [1.165, 1.54) is 31.6 Å². The van der Waals surface area contributed by atoms with Crippen LogP contribution in [0.5, 0.6) is 5.88 Å². The molecule has 0 spiro atoms. The zero-order valence-corrected chi connectivity index (χ0v) is 19.8. The molecule has 2 aliphatic rings. The summed E-state index contributed by atoms with van der Waals surface area (Å²) in [6.07, 6.45) is 3.93. The maximum absolute atomic E-state index is 15.1. The third-order valence-electron chi connectivity index (χ3n) is 6.54. The molecule has 2 aliphatic heterocycles. The number of methoxy groups -OCH3 is 1. The lowest BCUT2D eigenvalue weighted by Gasteiger charge is -2.55. The fraction of sp³-hybridized carbons (Fsp3) is 0.476. The normalized spacial score (nSPS) is 26.5. The number of nitrogens with one attached hydrogen (secondary N) is 2. The Morgan fingerprint density at radius 1 is 1.30 bits per heavy atom. The summed E-state index contributed by atoms with van der Waals surface area (Å²) in [6.45, 7) is 5.89. The van der Waals surface area contributed by atoms with Crippen LogP contribution in [0.25, 0.3) is 0 Å². The Hall–Kier alpha value is -2.99. The van der Waals surface area contributed by atoms with Crippen LogP contribution in [-0.2, 0) is 15.7 Å². The minimum Gasteiger partial charge on any atom is -0.480 e. The molecule has 33 heavy (non-hydrogen) atoms. The van der Waals surface area contributed by atoms with Crippen molar-refractivity contribution in [2.75, 3.05) is 19.0 Å². The summed E-state index contributed by atoms with van der Waals surface area (Å²) in [6, 6.07) is 2.55. The van der Waals surface area contributed by atoms with Crippen molar-refractivity contribution in [2.24, 2.45) is 10.7 Å². The van der Waals surface area contributed by atoms with Crippen LogP contribution in [0.15, 0.2) is 29.5 Å². The average Bonchev–Trinajstić information content (AvgIpc) is 2.79. The molecular weight excluding hydrogens is 449 g/mol. The number of nitrogens with zero attached hydrogens (tertiary/aromatic N) is 4. The first-order valence-corrected chi connectivity index (χ1v) is 12.4. The monoisotopic (exact) mass is 477 g/mol. The molecule has 2 aromatic rings. The molecule has 0 unspecified atom stereocenters. The van der Waals surface area contributed by atoms with E-state index in [9.17, 15) is 9.00 Å². The molecule has 1 saturated heterocycles. The van der Waals surface area contributed by atoms with Crippen molar-refractivity contribution in [2.45, 2.75) is 49.1 Å². The largest absolute Gasteiger partial charge is 0.480 e. The summed E-state index contributed by atoms with van der Waals surface area (Å²) in [5, 5.41) is 2.11. The van der Waals surface area contributed by atoms with Gasteiger partial charge in [0.15, 0.2) is 0 Å². The molecule has 178 valence electrons. The Morgan fingerprint density at radius 2 is 2.06 bits per heavy atom. The smallest absolute Gasteiger partial charge is 0.277 e. The first-order chi connectivity index (χ1) is 15.5. The number of carbonyl (C=O) groups excluding carboxylic acids is 1. The van der Waals surface area contributed by atoms with Crippen LogP contribution in [0.3, 0.4) is 0 Å². The minimum atomic E-state index is -3.11. The van der Waals surface area contributed by atoms with Gasteiger partial charge in [-0.1, -0.05) is 0 Å². The number of carbonyl (C=O) groups is 1. The Kier molecular flexibility index (Phi) is 5.69. The number of aliphatic imine (C=N–C) groups is 1. The van der Waals surface area contributed by atoms with E-state index >= 15 is 4.39 Å². The first kappa shape index (κ1) is 23.2. The average molecular weight is 478 g/mol. The second-order valence-corrected chi connectivity index (χ2v) is 12.2. The van der Waals surface area contributed by atoms with Crippen molar-refractivity contribution < 1.29 is 18.1 Å². The van der Waals surface area contributed by atoms with Crippen molar-refractivity contribution in [3.05, 3.63) is 41.7 Å². The van der Waals surface area contributed by atoms with Gasteiger partial charge in [-0.3, -0.25) is 18.7 Å². The van der Waals surface area contributed by atoms with Crippen LogP contribution < -0.4 is 20.5 Å². The predicted octanol–water partition coefficient (Wildman–Crippen LogP) is 1.32. The van der Waals surface area contributed by atoms with Gasteiger partial charge in [0, 0.05) is 6.54 Å². The second-order valence-electron chi connectivity index (χ2n) is 8.85. The van der Waals surface area contributed by atoms with Crippen molar-refractivity contribution in [1.29, 1.82) is 0 Å². The van der Waals surface area contributed by atoms with Gasteiger partial charge in [0.05, 0.1) is 29.5 Å². The van der Waals surface area contributed by atoms with E-state index in [0.717, 1.165) is 6.42 Å². The number of amides is 1. The van der Waals surface area contributed by atoms with Crippen molar-refractivity contribution in [1.82, 2.24) is 19.7 Å². The highest BCUT2D eigenvalue weighted by atomic mass is 32.3. The van der Waals surface area contributed by atoms with E-state index in [2.05, 4.69) is 30.0 Å². The number of nitrogens with two attached hydrogens (primary N) is 1. The molecule has 0 aromatic carbocycles. The summed E-state index contributed by atoms with van der Waals surface area (Å²) in [4.78, 5) is 29.6. The van der Waals surface area contributed by atoms with E-state index in [1.54, 1.807) is 20.8 Å². The van der Waals surface area contributed by atoms with E-state index < -0.39 is 37.4 Å². The lowest BCUT2D eigenvalue weighted by molar-refractivity contribution is 0.102. The molecule has 1 fully saturated rings. The number of fused-ring (bicyclic) bond motifs is 1. The number of hydrogen-bond acceptors (Lipinski definition) is 8. The number of pyridine rings is 1. The number of rotatable bonds is 4. The SMILES string of the molecule is COc1cnc(C(=O)Nc2ccc(F)c([C@@]3(C)N=C(N)C(C)(C)[SH]4(=O)NCCC[C@H]34)n2)cn1. The molecule has 4 rings (SSSR count). The van der Waals surface area contributed by atoms with Crippen molar-refractivity contribution >= 4 is 27.7 Å². The number of aromatic nitrogens is 3. The van der Waals surface area contributed by atoms with Gasteiger partial charge in [0.1, 0.15) is 34.4 Å². The molecule has 10 nitrogen and oxygen atoms in total. The van der Waals surface area contributed by atoms with E-state index in [-0.39, 0.29) is 28.9 Å². The molecule has 1 amide bonds. The van der Waals surface area contributed by atoms with Gasteiger partial charge in [-0.2, -0.15) is 0 Å². The molecule has 4 N–H and O–H groups in total. The topological polar surface area (TPSA) is 144 Å². The van der Waals surface area contributed by atoms with Crippen LogP contribution in [0.1, 0.15) is 49.8 Å². The number of hydrogen-bond donors (Lipinski definition) is 4. The first-order valence-electron chi connectivity index (χ1n) is 10.6. The van der Waals surface area contributed by atoms with Gasteiger partial charge >= 0.3 is 0 Å². The Balaban J connectivity index is 1.73. The Labute approximate surface area is 192 Å². The number of ether oxygens (including phenoxy) is 1. The highest BCUT2D eigenvalue weighted by molar-refractivity contribution is 8.04. The van der Waals surface area contributed by atoms with Gasteiger partial charge in [-0.05, 0) is 55.9 Å². The van der Waals surface area contributed by atoms with Gasteiger partial charge in [-0.15, -0.1) is 0 Å². The van der Waals surface area contributed by atoms with E-state index in [0.29, 0.717) is 13.0 Å². The highest BCUT2D eigenvalue weighted by Gasteiger charge is 2.57. The molecule has 0 radical (unpaired) electrons. The maximum Gasteiger partial charge on any atom is 0.277 e. The fourth-order valence-corrected chi connectivity index (χ4v) is 8.19. The standard InChI is InChI=1S/C21H28FN7O3S/c1-20(2)19(23)29-21(3,14-6-5-9-26-33(14,20)31)17-12(22)7-8-15(27-17)28-18(30)13-10-25-16(32-4)11-24-13/h7-8,10-11,14,33H,5-6,9H2,1-4H3,(H2,23,29)(H,26,31)(H,27,28,30)/t14-,21+/m1/s1. The molecule has 2 atom stereocenters. The molecule has 0 saturated carbocycles. The van der Waals surface area contributed by atoms with Crippen LogP contribution >= 0.6 is 0 Å².